The summed E-state index contributed by atoms with van der Waals surface area (Å²) in [4.78, 5) is 4.44. The van der Waals surface area contributed by atoms with Gasteiger partial charge in [-0.25, -0.2) is 4.99 Å². The van der Waals surface area contributed by atoms with Crippen molar-refractivity contribution in [2.24, 2.45) is 21.6 Å². The number of ether oxygens (including phenoxy) is 2. The molecule has 2 aliphatic rings. The van der Waals surface area contributed by atoms with Crippen molar-refractivity contribution in [3.63, 3.8) is 0 Å². The molecule has 1 aromatic rings. The monoisotopic (exact) mass is 434 g/mol. The van der Waals surface area contributed by atoms with Crippen molar-refractivity contribution in [3.05, 3.63) is 33.8 Å². The number of fused-ring (bicyclic) bond motifs is 1. The highest BCUT2D eigenvalue weighted by Crippen LogP contribution is 2.82. The minimum absolute atomic E-state index is 0.0608. The molecule has 1 fully saturated rings. The van der Waals surface area contributed by atoms with E-state index in [1.54, 1.807) is 18.2 Å². The lowest BCUT2D eigenvalue weighted by Crippen LogP contribution is -2.44. The van der Waals surface area contributed by atoms with E-state index in [2.05, 4.69) is 17.1 Å². The lowest BCUT2D eigenvalue weighted by molar-refractivity contribution is -0.260. The molecule has 1 aliphatic heterocycles. The zero-order valence-corrected chi connectivity index (χ0v) is 18.1. The van der Waals surface area contributed by atoms with Gasteiger partial charge in [-0.15, -0.1) is 0 Å². The van der Waals surface area contributed by atoms with Gasteiger partial charge in [-0.05, 0) is 30.5 Å². The average molecular weight is 435 g/mol. The molecule has 1 saturated carbocycles. The molecule has 3 rings (SSSR count). The van der Waals surface area contributed by atoms with E-state index in [-0.39, 0.29) is 5.84 Å². The van der Waals surface area contributed by atoms with Crippen LogP contribution in [-0.2, 0) is 9.47 Å². The molecule has 8 heteroatoms. The normalized spacial score (nSPS) is 28.9. The molecule has 3 atom stereocenters. The zero-order chi connectivity index (χ0) is 21.3. The summed E-state index contributed by atoms with van der Waals surface area (Å²) in [5.41, 5.74) is 4.22. The number of amidine groups is 1. The fraction of sp³-hybridized carbons (Fsp3) is 0.571. The van der Waals surface area contributed by atoms with Crippen molar-refractivity contribution in [2.75, 3.05) is 13.2 Å². The lowest BCUT2D eigenvalue weighted by atomic mass is 9.93. The average Bonchev–Trinajstić information content (AvgIpc) is 3.29. The summed E-state index contributed by atoms with van der Waals surface area (Å²) >= 11 is 12.3. The first-order valence-corrected chi connectivity index (χ1v) is 10.6. The van der Waals surface area contributed by atoms with Crippen LogP contribution < -0.4 is 5.73 Å². The van der Waals surface area contributed by atoms with E-state index in [4.69, 9.17) is 38.4 Å². The number of benzene rings is 1. The van der Waals surface area contributed by atoms with E-state index in [0.29, 0.717) is 28.8 Å². The van der Waals surface area contributed by atoms with Gasteiger partial charge in [0.2, 0.25) is 0 Å². The van der Waals surface area contributed by atoms with E-state index in [0.717, 1.165) is 25.7 Å². The highest BCUT2D eigenvalue weighted by atomic mass is 35.5. The number of halogens is 2. The molecule has 154 valence electrons. The molecular weight excluding hydrogens is 411 g/mol. The fourth-order valence-corrected chi connectivity index (χ4v) is 4.57. The number of nitriles is 2. The number of hydrogen-bond acceptors (Lipinski definition) is 6. The SMILES string of the molecule is CCCCOC1(OCCCC)N=C(N)C2(C#N)C(c3ccc(Cl)c(Cl)c3)C12C#N. The van der Waals surface area contributed by atoms with Gasteiger partial charge in [-0.1, -0.05) is 56.0 Å². The highest BCUT2D eigenvalue weighted by molar-refractivity contribution is 6.42. The Morgan fingerprint density at radius 2 is 1.69 bits per heavy atom. The summed E-state index contributed by atoms with van der Waals surface area (Å²) in [6.07, 6.45) is 3.35. The largest absolute Gasteiger partial charge is 0.386 e. The first kappa shape index (κ1) is 21.9. The van der Waals surface area contributed by atoms with E-state index in [1.807, 2.05) is 13.8 Å². The molecule has 3 unspecified atom stereocenters. The molecule has 1 aliphatic carbocycles. The Hall–Kier alpha value is -1.83. The Morgan fingerprint density at radius 3 is 2.17 bits per heavy atom. The summed E-state index contributed by atoms with van der Waals surface area (Å²) in [6, 6.07) is 9.65. The molecule has 0 amide bonds. The molecule has 0 radical (unpaired) electrons. The number of hydrogen-bond donors (Lipinski definition) is 1. The van der Waals surface area contributed by atoms with Gasteiger partial charge >= 0.3 is 0 Å². The van der Waals surface area contributed by atoms with Gasteiger partial charge in [0.1, 0.15) is 11.3 Å². The minimum Gasteiger partial charge on any atom is -0.386 e. The van der Waals surface area contributed by atoms with Gasteiger partial charge in [0.25, 0.3) is 5.91 Å². The van der Waals surface area contributed by atoms with Crippen molar-refractivity contribution in [3.8, 4) is 12.1 Å². The van der Waals surface area contributed by atoms with Crippen LogP contribution in [0.2, 0.25) is 10.0 Å². The molecule has 2 N–H and O–H groups in total. The van der Waals surface area contributed by atoms with Crippen molar-refractivity contribution < 1.29 is 9.47 Å². The Bertz CT molecular complexity index is 897. The van der Waals surface area contributed by atoms with E-state index in [9.17, 15) is 10.5 Å². The van der Waals surface area contributed by atoms with Crippen LogP contribution in [-0.4, -0.2) is 25.0 Å². The smallest absolute Gasteiger partial charge is 0.293 e. The molecule has 1 aromatic carbocycles. The lowest BCUT2D eigenvalue weighted by Gasteiger charge is -2.32. The van der Waals surface area contributed by atoms with Gasteiger partial charge in [0, 0.05) is 5.92 Å². The van der Waals surface area contributed by atoms with Crippen LogP contribution in [0, 0.1) is 33.5 Å². The van der Waals surface area contributed by atoms with E-state index < -0.39 is 22.7 Å². The van der Waals surface area contributed by atoms with Crippen LogP contribution >= 0.6 is 23.2 Å². The second-order valence-corrected chi connectivity index (χ2v) is 8.24. The van der Waals surface area contributed by atoms with Crippen molar-refractivity contribution in [2.45, 2.75) is 51.4 Å². The third-order valence-electron chi connectivity index (χ3n) is 5.80. The molecule has 0 aromatic heterocycles. The summed E-state index contributed by atoms with van der Waals surface area (Å²) in [5.74, 6) is -2.14. The maximum absolute atomic E-state index is 10.3. The molecular formula is C21H24Cl2N4O2. The predicted octanol–water partition coefficient (Wildman–Crippen LogP) is 4.77. The topological polar surface area (TPSA) is 104 Å². The molecule has 1 heterocycles. The Balaban J connectivity index is 2.11. The van der Waals surface area contributed by atoms with Crippen LogP contribution in [0.25, 0.3) is 0 Å². The number of unbranched alkanes of at least 4 members (excludes halogenated alkanes) is 2. The highest BCUT2D eigenvalue weighted by Gasteiger charge is 2.93. The van der Waals surface area contributed by atoms with Gasteiger partial charge in [-0.2, -0.15) is 10.5 Å². The molecule has 29 heavy (non-hydrogen) atoms. The van der Waals surface area contributed by atoms with Crippen LogP contribution in [0.5, 0.6) is 0 Å². The Morgan fingerprint density at radius 1 is 1.07 bits per heavy atom. The third-order valence-corrected chi connectivity index (χ3v) is 6.53. The van der Waals surface area contributed by atoms with Crippen molar-refractivity contribution in [1.82, 2.24) is 0 Å². The van der Waals surface area contributed by atoms with Crippen LogP contribution in [0.4, 0.5) is 0 Å². The second-order valence-electron chi connectivity index (χ2n) is 7.43. The Kier molecular flexibility index (Phi) is 6.13. The number of aliphatic imine (C=N–C) groups is 1. The first-order chi connectivity index (χ1) is 13.9. The van der Waals surface area contributed by atoms with Crippen LogP contribution in [0.1, 0.15) is 51.0 Å². The summed E-state index contributed by atoms with van der Waals surface area (Å²) in [6.45, 7) is 4.77. The summed E-state index contributed by atoms with van der Waals surface area (Å²) in [7, 11) is 0. The first-order valence-electron chi connectivity index (χ1n) is 9.81. The molecule has 0 spiro atoms. The number of rotatable bonds is 9. The maximum Gasteiger partial charge on any atom is 0.293 e. The maximum atomic E-state index is 10.3. The van der Waals surface area contributed by atoms with Crippen LogP contribution in [0.3, 0.4) is 0 Å². The second kappa shape index (κ2) is 8.13. The quantitative estimate of drug-likeness (QED) is 0.445. The van der Waals surface area contributed by atoms with Gasteiger partial charge in [0.15, 0.2) is 5.41 Å². The molecule has 0 saturated heterocycles. The van der Waals surface area contributed by atoms with E-state index in [1.165, 1.54) is 0 Å². The van der Waals surface area contributed by atoms with Crippen molar-refractivity contribution >= 4 is 29.0 Å². The standard InChI is InChI=1S/C21H24Cl2N4O2/c1-3-5-9-28-21(29-10-6-4-2)20(13-25)17(19(20,12-24)18(26)27-21)14-7-8-15(22)16(23)11-14/h7-8,11,17H,3-6,9-10H2,1-2H3,(H2,26,27). The van der Waals surface area contributed by atoms with Gasteiger partial charge < -0.3 is 15.2 Å². The molecule has 6 nitrogen and oxygen atoms in total. The van der Waals surface area contributed by atoms with Gasteiger partial charge in [-0.3, -0.25) is 0 Å². The number of nitrogens with zero attached hydrogens (tertiary/aromatic N) is 3. The van der Waals surface area contributed by atoms with E-state index >= 15 is 0 Å². The third kappa shape index (κ3) is 2.94. The predicted molar refractivity (Wildman–Crippen MR) is 111 cm³/mol. The summed E-state index contributed by atoms with van der Waals surface area (Å²) < 4.78 is 12.2. The van der Waals surface area contributed by atoms with Gasteiger partial charge in [0.05, 0.1) is 35.4 Å². The zero-order valence-electron chi connectivity index (χ0n) is 16.5. The Labute approximate surface area is 181 Å². The number of nitrogens with two attached hydrogens (primary N) is 1. The fourth-order valence-electron chi connectivity index (χ4n) is 4.26. The minimum atomic E-state index is -1.62. The summed E-state index contributed by atoms with van der Waals surface area (Å²) in [5, 5.41) is 21.2. The molecule has 0 bridgehead atoms. The van der Waals surface area contributed by atoms with Crippen molar-refractivity contribution in [1.29, 1.82) is 10.5 Å². The van der Waals surface area contributed by atoms with Crippen LogP contribution in [0.15, 0.2) is 23.2 Å².